The molecule has 1 aliphatic rings. The lowest BCUT2D eigenvalue weighted by Crippen LogP contribution is -2.29. The van der Waals surface area contributed by atoms with Crippen LogP contribution in [0, 0.1) is 5.92 Å². The minimum atomic E-state index is -0.449. The van der Waals surface area contributed by atoms with Gasteiger partial charge in [0, 0.05) is 29.0 Å². The highest BCUT2D eigenvalue weighted by atomic mass is 35.5. The Morgan fingerprint density at radius 3 is 2.67 bits per heavy atom. The highest BCUT2D eigenvalue weighted by molar-refractivity contribution is 6.35. The highest BCUT2D eigenvalue weighted by Gasteiger charge is 2.33. The molecule has 0 aromatic heterocycles. The van der Waals surface area contributed by atoms with Gasteiger partial charge >= 0.3 is 0 Å². The van der Waals surface area contributed by atoms with Gasteiger partial charge < -0.3 is 9.84 Å². The summed E-state index contributed by atoms with van der Waals surface area (Å²) in [5.74, 6) is 0.183. The zero-order valence-electron chi connectivity index (χ0n) is 10.4. The van der Waals surface area contributed by atoms with Crippen molar-refractivity contribution in [3.8, 4) is 0 Å². The van der Waals surface area contributed by atoms with Crippen LogP contribution in [0.5, 0.6) is 0 Å². The van der Waals surface area contributed by atoms with Gasteiger partial charge in [-0.2, -0.15) is 0 Å². The number of hydrogen-bond acceptors (Lipinski definition) is 2. The third-order valence-corrected chi connectivity index (χ3v) is 4.34. The van der Waals surface area contributed by atoms with E-state index in [1.807, 2.05) is 6.07 Å². The van der Waals surface area contributed by atoms with E-state index in [1.54, 1.807) is 12.1 Å². The zero-order chi connectivity index (χ0) is 13.1. The SMILES string of the molecule is CCC1OCCC1C(O)Cc1c(Cl)cccc1Cl. The molecule has 1 heterocycles. The highest BCUT2D eigenvalue weighted by Crippen LogP contribution is 2.31. The second-order valence-electron chi connectivity index (χ2n) is 4.74. The van der Waals surface area contributed by atoms with E-state index in [2.05, 4.69) is 6.92 Å². The summed E-state index contributed by atoms with van der Waals surface area (Å²) in [6.45, 7) is 2.81. The summed E-state index contributed by atoms with van der Waals surface area (Å²) in [5.41, 5.74) is 0.829. The van der Waals surface area contributed by atoms with Gasteiger partial charge in [0.1, 0.15) is 0 Å². The number of rotatable bonds is 4. The molecule has 1 N–H and O–H groups in total. The standard InChI is InChI=1S/C14H18Cl2O2/c1-2-14-9(6-7-18-14)13(17)8-10-11(15)4-3-5-12(10)16/h3-5,9,13-14,17H,2,6-8H2,1H3. The minimum absolute atomic E-state index is 0.154. The van der Waals surface area contributed by atoms with Crippen molar-refractivity contribution in [2.45, 2.75) is 38.4 Å². The van der Waals surface area contributed by atoms with Crippen molar-refractivity contribution in [2.24, 2.45) is 5.92 Å². The first-order chi connectivity index (χ1) is 8.63. The van der Waals surface area contributed by atoms with Crippen molar-refractivity contribution in [2.75, 3.05) is 6.61 Å². The van der Waals surface area contributed by atoms with Gasteiger partial charge in [-0.25, -0.2) is 0 Å². The van der Waals surface area contributed by atoms with Gasteiger partial charge in [-0.15, -0.1) is 0 Å². The van der Waals surface area contributed by atoms with Crippen molar-refractivity contribution < 1.29 is 9.84 Å². The van der Waals surface area contributed by atoms with Gasteiger partial charge in [-0.3, -0.25) is 0 Å². The number of benzene rings is 1. The predicted octanol–water partition coefficient (Wildman–Crippen LogP) is 3.71. The number of halogens is 2. The van der Waals surface area contributed by atoms with E-state index in [-0.39, 0.29) is 12.0 Å². The van der Waals surface area contributed by atoms with Crippen LogP contribution < -0.4 is 0 Å². The Morgan fingerprint density at radius 1 is 1.39 bits per heavy atom. The van der Waals surface area contributed by atoms with Gasteiger partial charge in [0.05, 0.1) is 12.2 Å². The number of aliphatic hydroxyl groups is 1. The third-order valence-electron chi connectivity index (χ3n) is 3.63. The zero-order valence-corrected chi connectivity index (χ0v) is 11.9. The molecule has 0 bridgehead atoms. The first-order valence-corrected chi connectivity index (χ1v) is 7.11. The molecule has 3 atom stereocenters. The molecule has 3 unspecified atom stereocenters. The van der Waals surface area contributed by atoms with Crippen LogP contribution in [0.4, 0.5) is 0 Å². The molecule has 4 heteroatoms. The molecule has 0 saturated carbocycles. The van der Waals surface area contributed by atoms with Crippen LogP contribution in [-0.2, 0) is 11.2 Å². The Kier molecular flexibility index (Phi) is 4.91. The van der Waals surface area contributed by atoms with E-state index in [9.17, 15) is 5.11 Å². The van der Waals surface area contributed by atoms with Crippen molar-refractivity contribution in [3.05, 3.63) is 33.8 Å². The molecule has 1 aliphatic heterocycles. The fourth-order valence-electron chi connectivity index (χ4n) is 2.61. The Labute approximate surface area is 118 Å². The van der Waals surface area contributed by atoms with Crippen LogP contribution in [0.15, 0.2) is 18.2 Å². The predicted molar refractivity (Wildman–Crippen MR) is 74.3 cm³/mol. The number of aliphatic hydroxyl groups excluding tert-OH is 1. The average molecular weight is 289 g/mol. The molecular formula is C14H18Cl2O2. The van der Waals surface area contributed by atoms with Crippen molar-refractivity contribution in [3.63, 3.8) is 0 Å². The van der Waals surface area contributed by atoms with Crippen LogP contribution in [0.3, 0.4) is 0 Å². The van der Waals surface area contributed by atoms with E-state index in [0.717, 1.165) is 25.0 Å². The summed E-state index contributed by atoms with van der Waals surface area (Å²) in [7, 11) is 0. The summed E-state index contributed by atoms with van der Waals surface area (Å²) >= 11 is 12.2. The second kappa shape index (κ2) is 6.25. The van der Waals surface area contributed by atoms with Crippen LogP contribution in [0.1, 0.15) is 25.3 Å². The van der Waals surface area contributed by atoms with Crippen LogP contribution >= 0.6 is 23.2 Å². The molecular weight excluding hydrogens is 271 g/mol. The lowest BCUT2D eigenvalue weighted by Gasteiger charge is -2.23. The molecule has 0 aliphatic carbocycles. The third kappa shape index (κ3) is 3.00. The molecule has 1 fully saturated rings. The van der Waals surface area contributed by atoms with Gasteiger partial charge in [0.2, 0.25) is 0 Å². The molecule has 1 aromatic carbocycles. The monoisotopic (exact) mass is 288 g/mol. The molecule has 1 aromatic rings. The van der Waals surface area contributed by atoms with Gasteiger partial charge in [0.15, 0.2) is 0 Å². The molecule has 0 spiro atoms. The van der Waals surface area contributed by atoms with E-state index in [4.69, 9.17) is 27.9 Å². The van der Waals surface area contributed by atoms with E-state index < -0.39 is 6.10 Å². The molecule has 0 radical (unpaired) electrons. The molecule has 2 nitrogen and oxygen atoms in total. The van der Waals surface area contributed by atoms with Gasteiger partial charge in [-0.1, -0.05) is 36.2 Å². The van der Waals surface area contributed by atoms with Crippen molar-refractivity contribution in [1.29, 1.82) is 0 Å². The summed E-state index contributed by atoms with van der Waals surface area (Å²) in [6.07, 6.45) is 2.03. The summed E-state index contributed by atoms with van der Waals surface area (Å²) in [4.78, 5) is 0. The maximum Gasteiger partial charge on any atom is 0.0635 e. The van der Waals surface area contributed by atoms with Gasteiger partial charge in [-0.05, 0) is 30.5 Å². The maximum absolute atomic E-state index is 10.4. The van der Waals surface area contributed by atoms with E-state index >= 15 is 0 Å². The fourth-order valence-corrected chi connectivity index (χ4v) is 3.17. The molecule has 0 amide bonds. The summed E-state index contributed by atoms with van der Waals surface area (Å²) < 4.78 is 5.61. The normalized spacial score (nSPS) is 25.3. The van der Waals surface area contributed by atoms with Crippen molar-refractivity contribution >= 4 is 23.2 Å². The quantitative estimate of drug-likeness (QED) is 0.915. The summed E-state index contributed by atoms with van der Waals surface area (Å²) in [6, 6.07) is 5.42. The number of hydrogen-bond donors (Lipinski definition) is 1. The van der Waals surface area contributed by atoms with E-state index in [0.29, 0.717) is 16.5 Å². The van der Waals surface area contributed by atoms with Gasteiger partial charge in [0.25, 0.3) is 0 Å². The Balaban J connectivity index is 2.09. The first kappa shape index (κ1) is 14.1. The van der Waals surface area contributed by atoms with Crippen LogP contribution in [0.25, 0.3) is 0 Å². The minimum Gasteiger partial charge on any atom is -0.392 e. The molecule has 2 rings (SSSR count). The smallest absolute Gasteiger partial charge is 0.0635 e. The average Bonchev–Trinajstić information content (AvgIpc) is 2.82. The lowest BCUT2D eigenvalue weighted by atomic mass is 9.89. The van der Waals surface area contributed by atoms with Crippen LogP contribution in [-0.4, -0.2) is 23.9 Å². The van der Waals surface area contributed by atoms with Crippen LogP contribution in [0.2, 0.25) is 10.0 Å². The first-order valence-electron chi connectivity index (χ1n) is 6.36. The maximum atomic E-state index is 10.4. The molecule has 18 heavy (non-hydrogen) atoms. The Hall–Kier alpha value is -0.280. The largest absolute Gasteiger partial charge is 0.392 e. The van der Waals surface area contributed by atoms with Crippen molar-refractivity contribution in [1.82, 2.24) is 0 Å². The second-order valence-corrected chi connectivity index (χ2v) is 5.56. The topological polar surface area (TPSA) is 29.5 Å². The Bertz CT molecular complexity index is 389. The fraction of sp³-hybridized carbons (Fsp3) is 0.571. The molecule has 1 saturated heterocycles. The molecule has 100 valence electrons. The lowest BCUT2D eigenvalue weighted by molar-refractivity contribution is 0.0318. The van der Waals surface area contributed by atoms with E-state index in [1.165, 1.54) is 0 Å². The summed E-state index contributed by atoms with van der Waals surface area (Å²) in [5, 5.41) is 11.6. The number of ether oxygens (including phenoxy) is 1. The Morgan fingerprint density at radius 2 is 2.06 bits per heavy atom.